The van der Waals surface area contributed by atoms with Gasteiger partial charge in [-0.15, -0.1) is 0 Å². The van der Waals surface area contributed by atoms with Crippen molar-refractivity contribution in [3.63, 3.8) is 0 Å². The Morgan fingerprint density at radius 3 is 1.22 bits per heavy atom. The van der Waals surface area contributed by atoms with Gasteiger partial charge in [0.05, 0.1) is 27.7 Å². The Balaban J connectivity index is 3.93. The van der Waals surface area contributed by atoms with E-state index in [1.807, 2.05) is 21.1 Å². The van der Waals surface area contributed by atoms with Gasteiger partial charge in [0.2, 0.25) is 0 Å². The van der Waals surface area contributed by atoms with Crippen LogP contribution in [0.5, 0.6) is 0 Å². The van der Waals surface area contributed by atoms with Crippen molar-refractivity contribution in [2.75, 3.05) is 47.5 Å². The minimum Gasteiger partial charge on any atom is -0.462 e. The number of quaternary nitrogens is 1. The van der Waals surface area contributed by atoms with Crippen molar-refractivity contribution in [1.82, 2.24) is 0 Å². The zero-order valence-electron chi connectivity index (χ0n) is 43.0. The Morgan fingerprint density at radius 1 is 0.469 bits per heavy atom. The van der Waals surface area contributed by atoms with Crippen LogP contribution in [-0.2, 0) is 32.7 Å². The molecule has 1 N–H and O–H groups in total. The van der Waals surface area contributed by atoms with Gasteiger partial charge in [-0.05, 0) is 32.1 Å². The lowest BCUT2D eigenvalue weighted by atomic mass is 10.0. The molecule has 0 saturated carbocycles. The number of allylic oxidation sites excluding steroid dienone is 2. The number of esters is 2. The Morgan fingerprint density at radius 2 is 0.828 bits per heavy atom. The van der Waals surface area contributed by atoms with Gasteiger partial charge in [0, 0.05) is 12.8 Å². The molecule has 64 heavy (non-hydrogen) atoms. The molecule has 10 heteroatoms. The predicted molar refractivity (Wildman–Crippen MR) is 271 cm³/mol. The van der Waals surface area contributed by atoms with Crippen LogP contribution in [0.15, 0.2) is 12.2 Å². The third kappa shape index (κ3) is 50.2. The molecule has 0 amide bonds. The van der Waals surface area contributed by atoms with Gasteiger partial charge in [-0.25, -0.2) is 4.57 Å². The van der Waals surface area contributed by atoms with Gasteiger partial charge in [0.15, 0.2) is 6.10 Å². The van der Waals surface area contributed by atoms with Crippen LogP contribution in [0.2, 0.25) is 0 Å². The number of ether oxygens (including phenoxy) is 2. The number of likely N-dealkylation sites (N-methyl/N-ethyl adjacent to an activating group) is 1. The van der Waals surface area contributed by atoms with Crippen molar-refractivity contribution in [3.05, 3.63) is 12.2 Å². The van der Waals surface area contributed by atoms with E-state index in [2.05, 4.69) is 26.0 Å². The molecule has 0 aromatic rings. The van der Waals surface area contributed by atoms with Crippen LogP contribution in [0, 0.1) is 0 Å². The molecule has 0 fully saturated rings. The van der Waals surface area contributed by atoms with E-state index in [1.54, 1.807) is 0 Å². The summed E-state index contributed by atoms with van der Waals surface area (Å²) in [6, 6.07) is 0. The molecule has 380 valence electrons. The molecule has 2 unspecified atom stereocenters. The minimum absolute atomic E-state index is 0.0332. The van der Waals surface area contributed by atoms with Gasteiger partial charge in [0.1, 0.15) is 19.8 Å². The van der Waals surface area contributed by atoms with Gasteiger partial charge in [0.25, 0.3) is 0 Å². The number of rotatable bonds is 51. The molecule has 0 saturated heterocycles. The van der Waals surface area contributed by atoms with E-state index in [0.717, 1.165) is 57.8 Å². The van der Waals surface area contributed by atoms with E-state index in [0.29, 0.717) is 23.9 Å². The lowest BCUT2D eigenvalue weighted by molar-refractivity contribution is -0.870. The first kappa shape index (κ1) is 62.8. The fourth-order valence-corrected chi connectivity index (χ4v) is 8.76. The summed E-state index contributed by atoms with van der Waals surface area (Å²) in [5.41, 5.74) is 0. The van der Waals surface area contributed by atoms with E-state index >= 15 is 0 Å². The molecule has 0 spiro atoms. The highest BCUT2D eigenvalue weighted by atomic mass is 31.2. The van der Waals surface area contributed by atoms with Crippen molar-refractivity contribution in [3.8, 4) is 0 Å². The van der Waals surface area contributed by atoms with E-state index in [9.17, 15) is 19.0 Å². The van der Waals surface area contributed by atoms with Gasteiger partial charge < -0.3 is 18.9 Å². The summed E-state index contributed by atoms with van der Waals surface area (Å²) < 4.78 is 34.4. The maximum atomic E-state index is 12.7. The normalized spacial score (nSPS) is 13.4. The Hall–Kier alpha value is -1.25. The summed E-state index contributed by atoms with van der Waals surface area (Å²) in [7, 11) is 1.48. The lowest BCUT2D eigenvalue weighted by Gasteiger charge is -2.24. The molecular formula is C54H107NO8P+. The van der Waals surface area contributed by atoms with Crippen molar-refractivity contribution in [1.29, 1.82) is 0 Å². The van der Waals surface area contributed by atoms with E-state index in [-0.39, 0.29) is 25.6 Å². The second-order valence-corrected chi connectivity index (χ2v) is 21.4. The highest BCUT2D eigenvalue weighted by Gasteiger charge is 2.27. The molecule has 0 aliphatic carbocycles. The second-order valence-electron chi connectivity index (χ2n) is 20.0. The Kier molecular flexibility index (Phi) is 45.9. The highest BCUT2D eigenvalue weighted by molar-refractivity contribution is 7.47. The first-order chi connectivity index (χ1) is 31.0. The highest BCUT2D eigenvalue weighted by Crippen LogP contribution is 2.43. The minimum atomic E-state index is -4.37. The number of carbonyl (C=O) groups is 2. The van der Waals surface area contributed by atoms with Gasteiger partial charge in [-0.2, -0.15) is 0 Å². The summed E-state index contributed by atoms with van der Waals surface area (Å²) in [5.74, 6) is -0.797. The quantitative estimate of drug-likeness (QED) is 0.0211. The number of nitrogens with zero attached hydrogens (tertiary/aromatic N) is 1. The van der Waals surface area contributed by atoms with Crippen molar-refractivity contribution in [2.45, 2.75) is 277 Å². The average molecular weight is 929 g/mol. The standard InChI is InChI=1S/C54H106NO8P/c1-6-8-10-12-14-16-18-19-20-21-22-23-24-25-26-27-28-29-30-31-32-33-34-35-36-37-39-40-42-44-46-53(56)60-50-52(51-62-64(58,59)61-49-48-55(3,4)5)63-54(57)47-45-43-41-38-17-15-13-11-9-7-2/h11,13,52H,6-10,12,14-51H2,1-5H3/p+1/b13-11-. The third-order valence-corrected chi connectivity index (χ3v) is 13.3. The summed E-state index contributed by atoms with van der Waals surface area (Å²) >= 11 is 0. The van der Waals surface area contributed by atoms with Crippen molar-refractivity contribution >= 4 is 19.8 Å². The SMILES string of the molecule is CCC/C=C\CCCCCCCC(=O)OC(COC(=O)CCCCCCCCCCCCCCCCCCCCCCCCCCCCCCCC)COP(=O)(O)OCC[N+](C)(C)C. The van der Waals surface area contributed by atoms with E-state index in [1.165, 1.54) is 180 Å². The molecule has 0 bridgehead atoms. The number of phosphoric ester groups is 1. The molecule has 0 heterocycles. The largest absolute Gasteiger partial charge is 0.472 e. The molecular weight excluding hydrogens is 822 g/mol. The molecule has 0 aliphatic heterocycles. The summed E-state index contributed by atoms with van der Waals surface area (Å²) in [4.78, 5) is 35.4. The van der Waals surface area contributed by atoms with Crippen LogP contribution < -0.4 is 0 Å². The van der Waals surface area contributed by atoms with Crippen LogP contribution in [0.1, 0.15) is 271 Å². The van der Waals surface area contributed by atoms with E-state index < -0.39 is 26.5 Å². The summed E-state index contributed by atoms with van der Waals surface area (Å²) in [6.07, 6.45) is 53.1. The van der Waals surface area contributed by atoms with Crippen LogP contribution in [-0.4, -0.2) is 74.9 Å². The van der Waals surface area contributed by atoms with Gasteiger partial charge in [-0.3, -0.25) is 18.6 Å². The smallest absolute Gasteiger partial charge is 0.462 e. The molecule has 0 radical (unpaired) electrons. The Bertz CT molecular complexity index is 1100. The van der Waals surface area contributed by atoms with Crippen LogP contribution in [0.3, 0.4) is 0 Å². The van der Waals surface area contributed by atoms with Gasteiger partial charge in [-0.1, -0.05) is 238 Å². The lowest BCUT2D eigenvalue weighted by Crippen LogP contribution is -2.37. The van der Waals surface area contributed by atoms with E-state index in [4.69, 9.17) is 18.5 Å². The number of hydrogen-bond acceptors (Lipinski definition) is 7. The maximum absolute atomic E-state index is 12.7. The monoisotopic (exact) mass is 929 g/mol. The van der Waals surface area contributed by atoms with Crippen molar-refractivity contribution in [2.24, 2.45) is 0 Å². The van der Waals surface area contributed by atoms with Crippen LogP contribution in [0.4, 0.5) is 0 Å². The average Bonchev–Trinajstić information content (AvgIpc) is 3.25. The number of hydrogen-bond donors (Lipinski definition) is 1. The second kappa shape index (κ2) is 46.8. The Labute approximate surface area is 396 Å². The first-order valence-electron chi connectivity index (χ1n) is 27.4. The fraction of sp³-hybridized carbons (Fsp3) is 0.926. The third-order valence-electron chi connectivity index (χ3n) is 12.3. The fourth-order valence-electron chi connectivity index (χ4n) is 8.02. The molecule has 0 rings (SSSR count). The number of phosphoric acid groups is 1. The first-order valence-corrected chi connectivity index (χ1v) is 28.9. The molecule has 9 nitrogen and oxygen atoms in total. The number of carbonyl (C=O) groups excluding carboxylic acids is 2. The van der Waals surface area contributed by atoms with Crippen LogP contribution >= 0.6 is 7.82 Å². The molecule has 0 aromatic heterocycles. The van der Waals surface area contributed by atoms with Crippen molar-refractivity contribution < 1.29 is 42.1 Å². The summed E-state index contributed by atoms with van der Waals surface area (Å²) in [5, 5.41) is 0. The zero-order valence-corrected chi connectivity index (χ0v) is 43.9. The number of unbranched alkanes of at least 4 members (excludes halogenated alkanes) is 35. The molecule has 2 atom stereocenters. The van der Waals surface area contributed by atoms with Gasteiger partial charge >= 0.3 is 19.8 Å². The van der Waals surface area contributed by atoms with Crippen LogP contribution in [0.25, 0.3) is 0 Å². The molecule has 0 aliphatic rings. The summed E-state index contributed by atoms with van der Waals surface area (Å²) in [6.45, 7) is 4.39. The maximum Gasteiger partial charge on any atom is 0.472 e. The predicted octanol–water partition coefficient (Wildman–Crippen LogP) is 16.5. The zero-order chi connectivity index (χ0) is 47.1. The topological polar surface area (TPSA) is 108 Å². The molecule has 0 aromatic carbocycles.